The molecule has 0 radical (unpaired) electrons. The molecule has 2 atom stereocenters. The van der Waals surface area contributed by atoms with Gasteiger partial charge in [-0.3, -0.25) is 4.79 Å². The summed E-state index contributed by atoms with van der Waals surface area (Å²) >= 11 is 0. The lowest BCUT2D eigenvalue weighted by atomic mass is 10.1. The van der Waals surface area contributed by atoms with E-state index in [-0.39, 0.29) is 11.9 Å². The van der Waals surface area contributed by atoms with E-state index in [1.807, 2.05) is 43.3 Å². The van der Waals surface area contributed by atoms with E-state index in [0.717, 1.165) is 23.2 Å². The van der Waals surface area contributed by atoms with Crippen molar-refractivity contribution in [3.05, 3.63) is 65.9 Å². The number of hydrogen-bond acceptors (Lipinski definition) is 3. The maximum absolute atomic E-state index is 12.6. The Labute approximate surface area is 147 Å². The number of anilines is 1. The first-order chi connectivity index (χ1) is 12.1. The molecule has 1 amide bonds. The number of furan rings is 1. The number of nitrogens with one attached hydrogen (secondary N) is 1. The van der Waals surface area contributed by atoms with Gasteiger partial charge >= 0.3 is 0 Å². The number of para-hydroxylation sites is 2. The standard InChI is InChI=1S/C21H22N2O2/c1-14-11-16-7-3-5-9-18(16)23(14)13-21(24)22-15(2)20-12-17-8-4-6-10-19(17)25-20/h3-10,12,14-15H,11,13H2,1-2H3,(H,22,24)/t14-,15-/m0/s1. The molecule has 0 saturated carbocycles. The van der Waals surface area contributed by atoms with Crippen molar-refractivity contribution in [2.45, 2.75) is 32.4 Å². The normalized spacial score (nSPS) is 17.5. The Morgan fingerprint density at radius 2 is 2.00 bits per heavy atom. The monoisotopic (exact) mass is 334 g/mol. The molecule has 128 valence electrons. The third kappa shape index (κ3) is 3.00. The van der Waals surface area contributed by atoms with Crippen LogP contribution < -0.4 is 10.2 Å². The van der Waals surface area contributed by atoms with E-state index in [9.17, 15) is 4.79 Å². The van der Waals surface area contributed by atoms with E-state index < -0.39 is 0 Å². The van der Waals surface area contributed by atoms with Gasteiger partial charge in [0.25, 0.3) is 0 Å². The SMILES string of the molecule is C[C@H](NC(=O)CN1c2ccccc2C[C@@H]1C)c1cc2ccccc2o1. The van der Waals surface area contributed by atoms with Gasteiger partial charge < -0.3 is 14.6 Å². The molecule has 2 heterocycles. The average molecular weight is 334 g/mol. The van der Waals surface area contributed by atoms with Gasteiger partial charge in [0.2, 0.25) is 5.91 Å². The highest BCUT2D eigenvalue weighted by Crippen LogP contribution is 2.31. The van der Waals surface area contributed by atoms with Crippen molar-refractivity contribution in [2.75, 3.05) is 11.4 Å². The fourth-order valence-corrected chi connectivity index (χ4v) is 3.60. The number of carbonyl (C=O) groups is 1. The Balaban J connectivity index is 1.45. The zero-order valence-corrected chi connectivity index (χ0v) is 14.5. The van der Waals surface area contributed by atoms with Crippen LogP contribution in [0.1, 0.15) is 31.2 Å². The predicted octanol–water partition coefficient (Wildman–Crippen LogP) is 4.06. The van der Waals surface area contributed by atoms with Crippen molar-refractivity contribution in [2.24, 2.45) is 0 Å². The largest absolute Gasteiger partial charge is 0.459 e. The highest BCUT2D eigenvalue weighted by atomic mass is 16.3. The van der Waals surface area contributed by atoms with Crippen molar-refractivity contribution in [1.29, 1.82) is 0 Å². The average Bonchev–Trinajstić information content (AvgIpc) is 3.16. The summed E-state index contributed by atoms with van der Waals surface area (Å²) in [4.78, 5) is 14.7. The smallest absolute Gasteiger partial charge is 0.240 e. The molecule has 1 N–H and O–H groups in total. The molecule has 0 bridgehead atoms. The molecule has 1 aliphatic rings. The number of benzene rings is 2. The summed E-state index contributed by atoms with van der Waals surface area (Å²) in [6.07, 6.45) is 0.989. The first-order valence-electron chi connectivity index (χ1n) is 8.74. The highest BCUT2D eigenvalue weighted by Gasteiger charge is 2.27. The first kappa shape index (κ1) is 15.8. The second kappa shape index (κ2) is 6.28. The second-order valence-electron chi connectivity index (χ2n) is 6.79. The van der Waals surface area contributed by atoms with Crippen LogP contribution in [0.3, 0.4) is 0 Å². The Hall–Kier alpha value is -2.75. The molecular weight excluding hydrogens is 312 g/mol. The number of hydrogen-bond donors (Lipinski definition) is 1. The Bertz CT molecular complexity index is 882. The molecule has 0 fully saturated rings. The van der Waals surface area contributed by atoms with Crippen LogP contribution in [0, 0.1) is 0 Å². The van der Waals surface area contributed by atoms with E-state index >= 15 is 0 Å². The van der Waals surface area contributed by atoms with Crippen molar-refractivity contribution in [3.8, 4) is 0 Å². The molecule has 0 unspecified atom stereocenters. The maximum atomic E-state index is 12.6. The van der Waals surface area contributed by atoms with Crippen LogP contribution in [0.2, 0.25) is 0 Å². The number of rotatable bonds is 4. The van der Waals surface area contributed by atoms with Crippen LogP contribution in [-0.4, -0.2) is 18.5 Å². The van der Waals surface area contributed by atoms with Crippen molar-refractivity contribution in [3.63, 3.8) is 0 Å². The van der Waals surface area contributed by atoms with E-state index in [0.29, 0.717) is 12.6 Å². The zero-order chi connectivity index (χ0) is 17.4. The minimum atomic E-state index is -0.159. The fourth-order valence-electron chi connectivity index (χ4n) is 3.60. The van der Waals surface area contributed by atoms with E-state index in [1.165, 1.54) is 11.3 Å². The van der Waals surface area contributed by atoms with E-state index in [2.05, 4.69) is 35.3 Å². The van der Waals surface area contributed by atoms with Gasteiger partial charge in [-0.25, -0.2) is 0 Å². The Morgan fingerprint density at radius 3 is 2.84 bits per heavy atom. The molecule has 2 aromatic carbocycles. The molecule has 0 saturated heterocycles. The summed E-state index contributed by atoms with van der Waals surface area (Å²) < 4.78 is 5.85. The summed E-state index contributed by atoms with van der Waals surface area (Å²) in [7, 11) is 0. The second-order valence-corrected chi connectivity index (χ2v) is 6.79. The summed E-state index contributed by atoms with van der Waals surface area (Å²) in [6, 6.07) is 18.4. The minimum Gasteiger partial charge on any atom is -0.459 e. The van der Waals surface area contributed by atoms with Crippen LogP contribution in [0.25, 0.3) is 11.0 Å². The third-order valence-corrected chi connectivity index (χ3v) is 4.91. The molecule has 25 heavy (non-hydrogen) atoms. The van der Waals surface area contributed by atoms with Gasteiger partial charge in [-0.1, -0.05) is 36.4 Å². The number of nitrogens with zero attached hydrogens (tertiary/aromatic N) is 1. The Morgan fingerprint density at radius 1 is 1.24 bits per heavy atom. The number of amides is 1. The van der Waals surface area contributed by atoms with Gasteiger partial charge in [-0.05, 0) is 44.0 Å². The summed E-state index contributed by atoms with van der Waals surface area (Å²) in [5.74, 6) is 0.793. The van der Waals surface area contributed by atoms with Crippen LogP contribution in [0.4, 0.5) is 5.69 Å². The molecule has 3 aromatic rings. The van der Waals surface area contributed by atoms with Crippen molar-refractivity contribution >= 4 is 22.6 Å². The van der Waals surface area contributed by atoms with Gasteiger partial charge in [-0.15, -0.1) is 0 Å². The van der Waals surface area contributed by atoms with Crippen LogP contribution in [0.15, 0.2) is 59.0 Å². The van der Waals surface area contributed by atoms with Crippen LogP contribution in [0.5, 0.6) is 0 Å². The molecule has 4 rings (SSSR count). The number of fused-ring (bicyclic) bond motifs is 2. The molecular formula is C21H22N2O2. The van der Waals surface area contributed by atoms with Crippen molar-refractivity contribution < 1.29 is 9.21 Å². The zero-order valence-electron chi connectivity index (χ0n) is 14.5. The predicted molar refractivity (Wildman–Crippen MR) is 99.7 cm³/mol. The van der Waals surface area contributed by atoms with Gasteiger partial charge in [-0.2, -0.15) is 0 Å². The summed E-state index contributed by atoms with van der Waals surface area (Å²) in [5.41, 5.74) is 3.33. The first-order valence-corrected chi connectivity index (χ1v) is 8.74. The van der Waals surface area contributed by atoms with Gasteiger partial charge in [0.15, 0.2) is 0 Å². The number of carbonyl (C=O) groups excluding carboxylic acids is 1. The highest BCUT2D eigenvalue weighted by molar-refractivity contribution is 5.83. The maximum Gasteiger partial charge on any atom is 0.240 e. The summed E-state index contributed by atoms with van der Waals surface area (Å²) in [5, 5.41) is 4.12. The molecule has 1 aliphatic heterocycles. The molecule has 0 spiro atoms. The molecule has 4 heteroatoms. The third-order valence-electron chi connectivity index (χ3n) is 4.91. The lowest BCUT2D eigenvalue weighted by Gasteiger charge is -2.25. The van der Waals surface area contributed by atoms with Crippen LogP contribution in [-0.2, 0) is 11.2 Å². The Kier molecular flexibility index (Phi) is 3.96. The van der Waals surface area contributed by atoms with E-state index in [4.69, 9.17) is 4.42 Å². The summed E-state index contributed by atoms with van der Waals surface area (Å²) in [6.45, 7) is 4.48. The van der Waals surface area contributed by atoms with E-state index in [1.54, 1.807) is 0 Å². The lowest BCUT2D eigenvalue weighted by molar-refractivity contribution is -0.120. The quantitative estimate of drug-likeness (QED) is 0.782. The van der Waals surface area contributed by atoms with Crippen LogP contribution >= 0.6 is 0 Å². The van der Waals surface area contributed by atoms with Crippen molar-refractivity contribution in [1.82, 2.24) is 5.32 Å². The lowest BCUT2D eigenvalue weighted by Crippen LogP contribution is -2.40. The topological polar surface area (TPSA) is 45.5 Å². The van der Waals surface area contributed by atoms with Gasteiger partial charge in [0, 0.05) is 17.1 Å². The minimum absolute atomic E-state index is 0.0107. The molecule has 0 aliphatic carbocycles. The fraction of sp³-hybridized carbons (Fsp3) is 0.286. The molecule has 1 aromatic heterocycles. The molecule has 4 nitrogen and oxygen atoms in total. The van der Waals surface area contributed by atoms with Gasteiger partial charge in [0.1, 0.15) is 11.3 Å². The van der Waals surface area contributed by atoms with Gasteiger partial charge in [0.05, 0.1) is 12.6 Å².